The molecule has 0 bridgehead atoms. The highest BCUT2D eigenvalue weighted by molar-refractivity contribution is 7.91. The maximum absolute atomic E-state index is 11.1. The molecule has 2 aliphatic rings. The quantitative estimate of drug-likeness (QED) is 0.694. The Hall–Kier alpha value is -0.580. The van der Waals surface area contributed by atoms with Crippen LogP contribution >= 0.6 is 0 Å². The van der Waals surface area contributed by atoms with Crippen molar-refractivity contribution in [2.24, 2.45) is 17.8 Å². The fourth-order valence-corrected chi connectivity index (χ4v) is 4.08. The molecular weight excluding hydrogens is 192 g/mol. The second-order valence-electron chi connectivity index (χ2n) is 4.01. The molecule has 1 heterocycles. The Morgan fingerprint density at radius 1 is 1.38 bits per heavy atom. The van der Waals surface area contributed by atoms with Crippen molar-refractivity contribution in [2.45, 2.75) is 12.8 Å². The Morgan fingerprint density at radius 3 is 2.46 bits per heavy atom. The van der Waals surface area contributed by atoms with E-state index in [1.807, 2.05) is 0 Å². The number of carboxylic acids is 1. The first-order valence-electron chi connectivity index (χ1n) is 4.43. The van der Waals surface area contributed by atoms with Gasteiger partial charge in [-0.15, -0.1) is 0 Å². The van der Waals surface area contributed by atoms with Gasteiger partial charge in [0.1, 0.15) is 0 Å². The molecule has 2 fully saturated rings. The largest absolute Gasteiger partial charge is 0.481 e. The molecular formula is C8H12O4S. The molecule has 4 nitrogen and oxygen atoms in total. The molecule has 0 aromatic carbocycles. The second-order valence-corrected chi connectivity index (χ2v) is 6.24. The van der Waals surface area contributed by atoms with E-state index in [0.717, 1.165) is 0 Å². The molecule has 1 saturated carbocycles. The summed E-state index contributed by atoms with van der Waals surface area (Å²) in [6, 6.07) is 0. The molecule has 5 heteroatoms. The molecule has 1 aliphatic heterocycles. The summed E-state index contributed by atoms with van der Waals surface area (Å²) in [5, 5.41) is 8.66. The van der Waals surface area contributed by atoms with Crippen LogP contribution in [0.5, 0.6) is 0 Å². The minimum Gasteiger partial charge on any atom is -0.481 e. The monoisotopic (exact) mass is 204 g/mol. The molecule has 0 aromatic rings. The Labute approximate surface area is 76.9 Å². The van der Waals surface area contributed by atoms with Gasteiger partial charge in [0.05, 0.1) is 17.4 Å². The molecule has 1 saturated heterocycles. The summed E-state index contributed by atoms with van der Waals surface area (Å²) >= 11 is 0. The molecule has 13 heavy (non-hydrogen) atoms. The summed E-state index contributed by atoms with van der Waals surface area (Å²) in [6.45, 7) is 0. The van der Waals surface area contributed by atoms with Crippen LogP contribution in [0.3, 0.4) is 0 Å². The number of carbonyl (C=O) groups is 1. The van der Waals surface area contributed by atoms with E-state index < -0.39 is 15.8 Å². The van der Waals surface area contributed by atoms with Gasteiger partial charge in [-0.25, -0.2) is 8.42 Å². The van der Waals surface area contributed by atoms with E-state index >= 15 is 0 Å². The lowest BCUT2D eigenvalue weighted by molar-refractivity contribution is -0.139. The molecule has 74 valence electrons. The summed E-state index contributed by atoms with van der Waals surface area (Å²) in [5.74, 6) is -0.324. The Bertz CT molecular complexity index is 332. The molecule has 0 aromatic heterocycles. The third-order valence-corrected chi connectivity index (χ3v) is 4.82. The van der Waals surface area contributed by atoms with Gasteiger partial charge in [-0.05, 0) is 24.7 Å². The van der Waals surface area contributed by atoms with Crippen LogP contribution < -0.4 is 0 Å². The van der Waals surface area contributed by atoms with Crippen LogP contribution in [-0.2, 0) is 14.6 Å². The molecule has 0 amide bonds. The van der Waals surface area contributed by atoms with Gasteiger partial charge in [0.25, 0.3) is 0 Å². The number of hydrogen-bond donors (Lipinski definition) is 1. The van der Waals surface area contributed by atoms with Crippen molar-refractivity contribution < 1.29 is 18.3 Å². The van der Waals surface area contributed by atoms with E-state index in [1.54, 1.807) is 0 Å². The SMILES string of the molecule is O=C(O)[C@H]1C[C@@H]1C1CCS(=O)(=O)C1. The van der Waals surface area contributed by atoms with Crippen LogP contribution in [-0.4, -0.2) is 31.0 Å². The zero-order chi connectivity index (χ0) is 9.64. The van der Waals surface area contributed by atoms with Crippen LogP contribution in [0.2, 0.25) is 0 Å². The van der Waals surface area contributed by atoms with Gasteiger partial charge in [-0.3, -0.25) is 4.79 Å². The van der Waals surface area contributed by atoms with Crippen molar-refractivity contribution in [1.29, 1.82) is 0 Å². The summed E-state index contributed by atoms with van der Waals surface area (Å²) in [7, 11) is -2.84. The van der Waals surface area contributed by atoms with Crippen LogP contribution in [0.25, 0.3) is 0 Å². The molecule has 1 N–H and O–H groups in total. The van der Waals surface area contributed by atoms with Crippen molar-refractivity contribution >= 4 is 15.8 Å². The molecule has 1 unspecified atom stereocenters. The highest BCUT2D eigenvalue weighted by Crippen LogP contribution is 2.47. The number of rotatable bonds is 2. The number of aliphatic carboxylic acids is 1. The Morgan fingerprint density at radius 2 is 2.08 bits per heavy atom. The zero-order valence-electron chi connectivity index (χ0n) is 7.14. The van der Waals surface area contributed by atoms with Gasteiger partial charge < -0.3 is 5.11 Å². The van der Waals surface area contributed by atoms with Crippen molar-refractivity contribution in [3.05, 3.63) is 0 Å². The summed E-state index contributed by atoms with van der Waals surface area (Å²) in [6.07, 6.45) is 1.34. The highest BCUT2D eigenvalue weighted by Gasteiger charge is 2.50. The van der Waals surface area contributed by atoms with Crippen LogP contribution in [0.15, 0.2) is 0 Å². The van der Waals surface area contributed by atoms with Crippen molar-refractivity contribution in [2.75, 3.05) is 11.5 Å². The normalized spacial score (nSPS) is 41.7. The van der Waals surface area contributed by atoms with Crippen molar-refractivity contribution in [3.8, 4) is 0 Å². The lowest BCUT2D eigenvalue weighted by Gasteiger charge is -2.03. The first kappa shape index (κ1) is 8.99. The third kappa shape index (κ3) is 1.70. The first-order valence-corrected chi connectivity index (χ1v) is 6.25. The minimum absolute atomic E-state index is 0.117. The predicted molar refractivity (Wildman–Crippen MR) is 46.0 cm³/mol. The van der Waals surface area contributed by atoms with Gasteiger partial charge in [0, 0.05) is 0 Å². The maximum Gasteiger partial charge on any atom is 0.306 e. The second kappa shape index (κ2) is 2.70. The van der Waals surface area contributed by atoms with E-state index in [1.165, 1.54) is 0 Å². The number of hydrogen-bond acceptors (Lipinski definition) is 3. The standard InChI is InChI=1S/C8H12O4S/c9-8(10)7-3-6(7)5-1-2-13(11,12)4-5/h5-7H,1-4H2,(H,9,10)/t5?,6-,7+/m1/s1. The van der Waals surface area contributed by atoms with Gasteiger partial charge in [-0.2, -0.15) is 0 Å². The van der Waals surface area contributed by atoms with Gasteiger partial charge in [0.2, 0.25) is 0 Å². The average molecular weight is 204 g/mol. The van der Waals surface area contributed by atoms with Crippen LogP contribution in [0, 0.1) is 17.8 Å². The van der Waals surface area contributed by atoms with Crippen LogP contribution in [0.4, 0.5) is 0 Å². The summed E-state index contributed by atoms with van der Waals surface area (Å²) in [4.78, 5) is 10.5. The number of sulfone groups is 1. The van der Waals surface area contributed by atoms with E-state index in [9.17, 15) is 13.2 Å². The molecule has 0 radical (unpaired) electrons. The van der Waals surface area contributed by atoms with E-state index in [4.69, 9.17) is 5.11 Å². The molecule has 2 rings (SSSR count). The summed E-state index contributed by atoms with van der Waals surface area (Å²) in [5.41, 5.74) is 0. The zero-order valence-corrected chi connectivity index (χ0v) is 7.96. The topological polar surface area (TPSA) is 71.4 Å². The highest BCUT2D eigenvalue weighted by atomic mass is 32.2. The van der Waals surface area contributed by atoms with Crippen LogP contribution in [0.1, 0.15) is 12.8 Å². The smallest absolute Gasteiger partial charge is 0.306 e. The van der Waals surface area contributed by atoms with E-state index in [2.05, 4.69) is 0 Å². The van der Waals surface area contributed by atoms with E-state index in [0.29, 0.717) is 12.8 Å². The summed E-state index contributed by atoms with van der Waals surface area (Å²) < 4.78 is 22.2. The maximum atomic E-state index is 11.1. The average Bonchev–Trinajstić information content (AvgIpc) is 2.71. The van der Waals surface area contributed by atoms with Crippen molar-refractivity contribution in [3.63, 3.8) is 0 Å². The minimum atomic E-state index is -2.84. The Kier molecular flexibility index (Phi) is 1.87. The first-order chi connectivity index (χ1) is 5.99. The lowest BCUT2D eigenvalue weighted by atomic mass is 10.0. The molecule has 3 atom stereocenters. The third-order valence-electron chi connectivity index (χ3n) is 3.03. The molecule has 1 aliphatic carbocycles. The van der Waals surface area contributed by atoms with Gasteiger partial charge >= 0.3 is 5.97 Å². The predicted octanol–water partition coefficient (Wildman–Crippen LogP) is 0.142. The fraction of sp³-hybridized carbons (Fsp3) is 0.875. The van der Waals surface area contributed by atoms with Gasteiger partial charge in [0.15, 0.2) is 9.84 Å². The van der Waals surface area contributed by atoms with Crippen molar-refractivity contribution in [1.82, 2.24) is 0 Å². The van der Waals surface area contributed by atoms with Gasteiger partial charge in [-0.1, -0.05) is 0 Å². The number of carboxylic acid groups (broad SMARTS) is 1. The van der Waals surface area contributed by atoms with E-state index in [-0.39, 0.29) is 29.3 Å². The Balaban J connectivity index is 1.96. The molecule has 0 spiro atoms. The fourth-order valence-electron chi connectivity index (χ4n) is 2.18. The lowest BCUT2D eigenvalue weighted by Crippen LogP contribution is -2.10.